The quantitative estimate of drug-likeness (QED) is 0.289. The van der Waals surface area contributed by atoms with E-state index in [2.05, 4.69) is 57.6 Å². The summed E-state index contributed by atoms with van der Waals surface area (Å²) in [6, 6.07) is -0.0338. The van der Waals surface area contributed by atoms with Crippen LogP contribution in [0.3, 0.4) is 0 Å². The summed E-state index contributed by atoms with van der Waals surface area (Å²) in [4.78, 5) is 22.7. The Morgan fingerprint density at radius 1 is 0.912 bits per heavy atom. The summed E-state index contributed by atoms with van der Waals surface area (Å²) in [5.74, 6) is 2.59. The first-order valence-electron chi connectivity index (χ1n) is 13.8. The first-order valence-corrected chi connectivity index (χ1v) is 13.8. The van der Waals surface area contributed by atoms with E-state index < -0.39 is 5.54 Å². The molecule has 4 aliphatic carbocycles. The molecule has 0 radical (unpaired) electrons. The van der Waals surface area contributed by atoms with Gasteiger partial charge in [0.2, 0.25) is 0 Å². The fourth-order valence-electron chi connectivity index (χ4n) is 10.1. The van der Waals surface area contributed by atoms with Gasteiger partial charge in [0.05, 0.1) is 6.04 Å². The predicted molar refractivity (Wildman–Crippen MR) is 141 cm³/mol. The number of rotatable bonds is 6. The zero-order valence-electron chi connectivity index (χ0n) is 22.8. The molecule has 34 heavy (non-hydrogen) atoms. The minimum absolute atomic E-state index is 0.00316. The zero-order valence-corrected chi connectivity index (χ0v) is 22.8. The highest BCUT2D eigenvalue weighted by atomic mass is 16.3. The van der Waals surface area contributed by atoms with Crippen molar-refractivity contribution in [2.24, 2.45) is 55.7 Å². The van der Waals surface area contributed by atoms with Crippen LogP contribution in [0.1, 0.15) is 106 Å². The molecule has 8 atom stereocenters. The molecule has 4 saturated carbocycles. The van der Waals surface area contributed by atoms with E-state index in [0.29, 0.717) is 34.0 Å². The average Bonchev–Trinajstić information content (AvgIpc) is 3.12. The number of nitrogens with zero attached hydrogens (tertiary/aromatic N) is 2. The summed E-state index contributed by atoms with van der Waals surface area (Å²) in [6.07, 6.45) is 14.6. The summed E-state index contributed by atoms with van der Waals surface area (Å²) in [5.41, 5.74) is 1.68. The van der Waals surface area contributed by atoms with Gasteiger partial charge >= 0.3 is 0 Å². The molecule has 0 heterocycles. The van der Waals surface area contributed by atoms with E-state index in [9.17, 15) is 9.81 Å². The van der Waals surface area contributed by atoms with Crippen molar-refractivity contribution >= 4 is 0 Å². The average molecular weight is 469 g/mol. The third-order valence-electron chi connectivity index (χ3n) is 12.2. The van der Waals surface area contributed by atoms with E-state index in [4.69, 9.17) is 0 Å². The van der Waals surface area contributed by atoms with Crippen LogP contribution in [0.15, 0.2) is 34.7 Å². The Hall–Kier alpha value is -1.32. The van der Waals surface area contributed by atoms with Gasteiger partial charge in [0, 0.05) is 0 Å². The van der Waals surface area contributed by atoms with Gasteiger partial charge in [-0.05, 0) is 117 Å². The summed E-state index contributed by atoms with van der Waals surface area (Å²) in [6.45, 7) is 20.7. The molecule has 0 spiro atoms. The van der Waals surface area contributed by atoms with E-state index >= 15 is 0 Å². The maximum Gasteiger partial charge on any atom is 0.115 e. The normalized spacial score (nSPS) is 45.8. The van der Waals surface area contributed by atoms with Crippen LogP contribution >= 0.6 is 0 Å². The van der Waals surface area contributed by atoms with Gasteiger partial charge in [-0.2, -0.15) is 4.91 Å². The molecule has 0 amide bonds. The molecule has 4 fully saturated rings. The third-order valence-corrected chi connectivity index (χ3v) is 12.2. The monoisotopic (exact) mass is 468 g/mol. The van der Waals surface area contributed by atoms with Crippen LogP contribution in [0, 0.1) is 55.1 Å². The van der Waals surface area contributed by atoms with E-state index in [-0.39, 0.29) is 11.5 Å². The zero-order chi connectivity index (χ0) is 25.2. The number of hydrogen-bond donors (Lipinski definition) is 0. The third kappa shape index (κ3) is 3.60. The van der Waals surface area contributed by atoms with Crippen molar-refractivity contribution in [2.75, 3.05) is 0 Å². The second-order valence-electron chi connectivity index (χ2n) is 14.3. The summed E-state index contributed by atoms with van der Waals surface area (Å²) < 4.78 is 0. The van der Waals surface area contributed by atoms with Crippen molar-refractivity contribution in [3.8, 4) is 0 Å². The van der Waals surface area contributed by atoms with Gasteiger partial charge in [-0.3, -0.25) is 0 Å². The fourth-order valence-corrected chi connectivity index (χ4v) is 10.1. The van der Waals surface area contributed by atoms with Crippen molar-refractivity contribution in [1.82, 2.24) is 0 Å². The molecular formula is C30H48N2O2. The highest BCUT2D eigenvalue weighted by molar-refractivity contribution is 5.22. The lowest BCUT2D eigenvalue weighted by Gasteiger charge is -2.69. The molecule has 0 saturated heterocycles. The Balaban J connectivity index is 1.57. The maximum absolute atomic E-state index is 11.7. The molecule has 0 aromatic rings. The van der Waals surface area contributed by atoms with Gasteiger partial charge in [-0.1, -0.05) is 69.3 Å². The second kappa shape index (κ2) is 8.37. The molecule has 0 N–H and O–H groups in total. The molecule has 4 heteroatoms. The minimum Gasteiger partial charge on any atom is -0.150 e. The molecule has 2 unspecified atom stereocenters. The predicted octanol–water partition coefficient (Wildman–Crippen LogP) is 8.85. The van der Waals surface area contributed by atoms with Crippen LogP contribution < -0.4 is 0 Å². The SMILES string of the molecule is C=C(C/C=C/C(C)(C)N=O)[C@@H]1CC[C@]2(C)[C@@H]1CCC1[C@@]3(C)CC[C@H](N=O)C(C)(C)C3CC[C@]12C. The Kier molecular flexibility index (Phi) is 6.34. The summed E-state index contributed by atoms with van der Waals surface area (Å²) in [5, 5.41) is 6.81. The summed E-state index contributed by atoms with van der Waals surface area (Å²) >= 11 is 0. The van der Waals surface area contributed by atoms with Crippen LogP contribution in [-0.4, -0.2) is 11.6 Å². The maximum atomic E-state index is 11.7. The molecule has 4 nitrogen and oxygen atoms in total. The lowest BCUT2D eigenvalue weighted by atomic mass is 9.35. The fraction of sp³-hybridized carbons (Fsp3) is 0.867. The van der Waals surface area contributed by atoms with Gasteiger partial charge in [-0.25, -0.2) is 0 Å². The van der Waals surface area contributed by atoms with Crippen LogP contribution in [0.25, 0.3) is 0 Å². The summed E-state index contributed by atoms with van der Waals surface area (Å²) in [7, 11) is 0. The smallest absolute Gasteiger partial charge is 0.115 e. The molecule has 4 rings (SSSR count). The molecule has 0 aromatic heterocycles. The largest absolute Gasteiger partial charge is 0.150 e. The van der Waals surface area contributed by atoms with Crippen LogP contribution in [-0.2, 0) is 0 Å². The molecule has 190 valence electrons. The van der Waals surface area contributed by atoms with Crippen LogP contribution in [0.2, 0.25) is 0 Å². The number of allylic oxidation sites excluding steroid dienone is 2. The minimum atomic E-state index is -0.643. The van der Waals surface area contributed by atoms with Gasteiger partial charge in [0.15, 0.2) is 0 Å². The highest BCUT2D eigenvalue weighted by Gasteiger charge is 2.68. The van der Waals surface area contributed by atoms with E-state index in [1.165, 1.54) is 44.1 Å². The van der Waals surface area contributed by atoms with Crippen molar-refractivity contribution in [1.29, 1.82) is 0 Å². The molecule has 0 bridgehead atoms. The van der Waals surface area contributed by atoms with Gasteiger partial charge in [-0.15, -0.1) is 4.91 Å². The van der Waals surface area contributed by atoms with Crippen molar-refractivity contribution in [3.63, 3.8) is 0 Å². The van der Waals surface area contributed by atoms with Crippen molar-refractivity contribution in [2.45, 2.75) is 118 Å². The van der Waals surface area contributed by atoms with Gasteiger partial charge in [0.1, 0.15) is 5.54 Å². The Bertz CT molecular complexity index is 875. The van der Waals surface area contributed by atoms with Gasteiger partial charge in [0.25, 0.3) is 0 Å². The van der Waals surface area contributed by atoms with Crippen LogP contribution in [0.5, 0.6) is 0 Å². The molecule has 0 aromatic carbocycles. The van der Waals surface area contributed by atoms with Crippen LogP contribution in [0.4, 0.5) is 0 Å². The Morgan fingerprint density at radius 3 is 2.24 bits per heavy atom. The van der Waals surface area contributed by atoms with E-state index in [0.717, 1.165) is 25.2 Å². The molecule has 0 aliphatic heterocycles. The first kappa shape index (κ1) is 25.8. The standard InChI is InChI=1S/C30H48N2O2/c1-20(10-9-16-26(2,3)32-34)21-13-18-29(7)22(21)11-12-24-28(6)17-15-25(31-33)27(4,5)23(28)14-19-30(24,29)8/h9,16,21-25H,1,10-15,17-19H2,2-8H3/b16-9+/t21-,22+,23?,24?,25-,28-,29+,30+/m0/s1. The highest BCUT2D eigenvalue weighted by Crippen LogP contribution is 2.75. The number of fused-ring (bicyclic) bond motifs is 5. The van der Waals surface area contributed by atoms with Gasteiger partial charge < -0.3 is 0 Å². The molecular weight excluding hydrogens is 420 g/mol. The lowest BCUT2D eigenvalue weighted by molar-refractivity contribution is -0.204. The van der Waals surface area contributed by atoms with Crippen molar-refractivity contribution < 1.29 is 0 Å². The van der Waals surface area contributed by atoms with Crippen molar-refractivity contribution in [3.05, 3.63) is 34.1 Å². The van der Waals surface area contributed by atoms with E-state index in [1.807, 2.05) is 19.9 Å². The molecule has 4 aliphatic rings. The van der Waals surface area contributed by atoms with E-state index in [1.54, 1.807) is 0 Å². The second-order valence-corrected chi connectivity index (χ2v) is 14.3. The number of nitroso groups, excluding NO2 is 2. The first-order chi connectivity index (χ1) is 15.8. The topological polar surface area (TPSA) is 58.9 Å². The number of hydrogen-bond acceptors (Lipinski definition) is 4. The Labute approximate surface area is 207 Å². The Morgan fingerprint density at radius 2 is 1.59 bits per heavy atom. The lowest BCUT2D eigenvalue weighted by Crippen LogP contribution is -2.63.